The molecule has 5 heteroatoms. The normalized spacial score (nSPS) is 13.2. The second-order valence-corrected chi connectivity index (χ2v) is 7.27. The predicted molar refractivity (Wildman–Crippen MR) is 82.9 cm³/mol. The van der Waals surface area contributed by atoms with Crippen molar-refractivity contribution in [3.63, 3.8) is 0 Å². The molecular formula is C15H26N2O2S. The number of aliphatic hydroxyl groups excluding tert-OH is 1. The molecule has 0 radical (unpaired) electrons. The molecule has 0 spiro atoms. The van der Waals surface area contributed by atoms with Crippen molar-refractivity contribution in [3.05, 3.63) is 16.1 Å². The van der Waals surface area contributed by atoms with Gasteiger partial charge < -0.3 is 10.4 Å². The highest BCUT2D eigenvalue weighted by molar-refractivity contribution is 7.09. The Labute approximate surface area is 125 Å². The number of aliphatic hydroxyl groups is 1. The molecule has 1 aromatic heterocycles. The lowest BCUT2D eigenvalue weighted by atomic mass is 9.87. The van der Waals surface area contributed by atoms with E-state index in [0.29, 0.717) is 19.4 Å². The number of aromatic nitrogens is 1. The Bertz CT molecular complexity index is 427. The van der Waals surface area contributed by atoms with Gasteiger partial charge in [-0.2, -0.15) is 0 Å². The number of carbonyl (C=O) groups is 1. The van der Waals surface area contributed by atoms with Gasteiger partial charge in [-0.05, 0) is 38.5 Å². The molecule has 0 aromatic carbocycles. The molecule has 0 fully saturated rings. The minimum absolute atomic E-state index is 0.0736. The Morgan fingerprint density at radius 1 is 1.55 bits per heavy atom. The van der Waals surface area contributed by atoms with Gasteiger partial charge in [0.05, 0.1) is 16.8 Å². The summed E-state index contributed by atoms with van der Waals surface area (Å²) < 4.78 is 0. The molecule has 0 bridgehead atoms. The van der Waals surface area contributed by atoms with Gasteiger partial charge in [0.25, 0.3) is 0 Å². The Hall–Kier alpha value is -0.940. The number of nitrogens with one attached hydrogen (secondary N) is 1. The molecule has 0 aliphatic rings. The zero-order valence-electron chi connectivity index (χ0n) is 12.9. The summed E-state index contributed by atoms with van der Waals surface area (Å²) in [6, 6.07) is 0. The van der Waals surface area contributed by atoms with Gasteiger partial charge in [0.15, 0.2) is 0 Å². The fourth-order valence-corrected chi connectivity index (χ4v) is 2.90. The second kappa shape index (κ2) is 7.74. The van der Waals surface area contributed by atoms with E-state index in [2.05, 4.69) is 29.5 Å². The van der Waals surface area contributed by atoms with Crippen LogP contribution in [-0.4, -0.2) is 28.6 Å². The maximum Gasteiger partial charge on any atom is 0.220 e. The summed E-state index contributed by atoms with van der Waals surface area (Å²) in [5.74, 6) is 0.0793. The summed E-state index contributed by atoms with van der Waals surface area (Å²) in [6.45, 7) is 8.48. The van der Waals surface area contributed by atoms with E-state index in [1.54, 1.807) is 18.3 Å². The van der Waals surface area contributed by atoms with E-state index in [1.807, 2.05) is 6.92 Å². The van der Waals surface area contributed by atoms with Gasteiger partial charge in [0.1, 0.15) is 0 Å². The average Bonchev–Trinajstić information content (AvgIpc) is 2.71. The van der Waals surface area contributed by atoms with Crippen molar-refractivity contribution in [1.82, 2.24) is 10.3 Å². The molecule has 114 valence electrons. The Kier molecular flexibility index (Phi) is 6.62. The van der Waals surface area contributed by atoms with Gasteiger partial charge >= 0.3 is 0 Å². The van der Waals surface area contributed by atoms with Crippen LogP contribution in [0.4, 0.5) is 0 Å². The van der Waals surface area contributed by atoms with Crippen LogP contribution in [0.25, 0.3) is 0 Å². The van der Waals surface area contributed by atoms with Crippen LogP contribution < -0.4 is 5.32 Å². The summed E-state index contributed by atoms with van der Waals surface area (Å²) in [5.41, 5.74) is 1.00. The monoisotopic (exact) mass is 298 g/mol. The minimum atomic E-state index is -0.338. The molecule has 4 nitrogen and oxygen atoms in total. The topological polar surface area (TPSA) is 62.2 Å². The predicted octanol–water partition coefficient (Wildman–Crippen LogP) is 2.69. The molecule has 1 heterocycles. The lowest BCUT2D eigenvalue weighted by Gasteiger charge is -2.26. The van der Waals surface area contributed by atoms with Gasteiger partial charge in [0, 0.05) is 18.3 Å². The highest BCUT2D eigenvalue weighted by Gasteiger charge is 2.20. The second-order valence-electron chi connectivity index (χ2n) is 6.21. The van der Waals surface area contributed by atoms with Crippen molar-refractivity contribution in [2.45, 2.75) is 59.5 Å². The summed E-state index contributed by atoms with van der Waals surface area (Å²) in [5, 5.41) is 15.5. The molecule has 0 aliphatic heterocycles. The van der Waals surface area contributed by atoms with Gasteiger partial charge in [-0.3, -0.25) is 4.79 Å². The first-order chi connectivity index (χ1) is 9.28. The Morgan fingerprint density at radius 3 is 2.80 bits per heavy atom. The standard InChI is InChI=1S/C15H26N2O2S/c1-11(18)8-15(3,4)10-16-14(19)7-5-6-13-9-20-12(2)17-13/h9,11,18H,5-8,10H2,1-4H3,(H,16,19). The quantitative estimate of drug-likeness (QED) is 0.775. The van der Waals surface area contributed by atoms with Crippen LogP contribution in [0.1, 0.15) is 50.7 Å². The first kappa shape index (κ1) is 17.1. The minimum Gasteiger partial charge on any atom is -0.393 e. The Morgan fingerprint density at radius 2 is 2.25 bits per heavy atom. The SMILES string of the molecule is Cc1nc(CCCC(=O)NCC(C)(C)CC(C)O)cs1. The summed E-state index contributed by atoms with van der Waals surface area (Å²) >= 11 is 1.65. The maximum absolute atomic E-state index is 11.8. The van der Waals surface area contributed by atoms with Crippen LogP contribution in [0.2, 0.25) is 0 Å². The summed E-state index contributed by atoms with van der Waals surface area (Å²) in [6.07, 6.45) is 2.56. The van der Waals surface area contributed by atoms with Crippen molar-refractivity contribution >= 4 is 17.2 Å². The van der Waals surface area contributed by atoms with Crippen molar-refractivity contribution in [2.24, 2.45) is 5.41 Å². The third-order valence-electron chi connectivity index (χ3n) is 3.12. The van der Waals surface area contributed by atoms with Crippen LogP contribution in [0.3, 0.4) is 0 Å². The van der Waals surface area contributed by atoms with Crippen LogP contribution in [0.5, 0.6) is 0 Å². The number of nitrogens with zero attached hydrogens (tertiary/aromatic N) is 1. The molecule has 1 rings (SSSR count). The van der Waals surface area contributed by atoms with E-state index in [0.717, 1.165) is 23.5 Å². The molecule has 0 saturated heterocycles. The lowest BCUT2D eigenvalue weighted by Crippen LogP contribution is -2.35. The van der Waals surface area contributed by atoms with Gasteiger partial charge in [0.2, 0.25) is 5.91 Å². The van der Waals surface area contributed by atoms with Crippen LogP contribution in [0.15, 0.2) is 5.38 Å². The van der Waals surface area contributed by atoms with E-state index in [-0.39, 0.29) is 17.4 Å². The highest BCUT2D eigenvalue weighted by Crippen LogP contribution is 2.21. The molecule has 1 amide bonds. The number of rotatable bonds is 8. The van der Waals surface area contributed by atoms with Crippen LogP contribution >= 0.6 is 11.3 Å². The summed E-state index contributed by atoms with van der Waals surface area (Å²) in [4.78, 5) is 16.2. The van der Waals surface area contributed by atoms with Gasteiger partial charge in [-0.15, -0.1) is 11.3 Å². The van der Waals surface area contributed by atoms with Gasteiger partial charge in [-0.25, -0.2) is 4.98 Å². The number of hydrogen-bond acceptors (Lipinski definition) is 4. The molecule has 0 saturated carbocycles. The fourth-order valence-electron chi connectivity index (χ4n) is 2.25. The van der Waals surface area contributed by atoms with E-state index >= 15 is 0 Å². The largest absolute Gasteiger partial charge is 0.393 e. The third-order valence-corrected chi connectivity index (χ3v) is 3.94. The smallest absolute Gasteiger partial charge is 0.220 e. The molecule has 2 N–H and O–H groups in total. The molecular weight excluding hydrogens is 272 g/mol. The van der Waals surface area contributed by atoms with Crippen molar-refractivity contribution in [2.75, 3.05) is 6.54 Å². The van der Waals surface area contributed by atoms with E-state index in [1.165, 1.54) is 0 Å². The number of thiazole rings is 1. The molecule has 1 aromatic rings. The van der Waals surface area contributed by atoms with Crippen molar-refractivity contribution in [3.8, 4) is 0 Å². The molecule has 20 heavy (non-hydrogen) atoms. The van der Waals surface area contributed by atoms with Crippen molar-refractivity contribution in [1.29, 1.82) is 0 Å². The number of aryl methyl sites for hydroxylation is 2. The lowest BCUT2D eigenvalue weighted by molar-refractivity contribution is -0.121. The molecule has 1 unspecified atom stereocenters. The fraction of sp³-hybridized carbons (Fsp3) is 0.733. The number of carbonyl (C=O) groups excluding carboxylic acids is 1. The number of amides is 1. The average molecular weight is 298 g/mol. The molecule has 1 atom stereocenters. The van der Waals surface area contributed by atoms with Gasteiger partial charge in [-0.1, -0.05) is 13.8 Å². The summed E-state index contributed by atoms with van der Waals surface area (Å²) in [7, 11) is 0. The van der Waals surface area contributed by atoms with E-state index < -0.39 is 0 Å². The zero-order chi connectivity index (χ0) is 15.2. The highest BCUT2D eigenvalue weighted by atomic mass is 32.1. The first-order valence-electron chi connectivity index (χ1n) is 7.14. The third kappa shape index (κ3) is 7.01. The van der Waals surface area contributed by atoms with E-state index in [4.69, 9.17) is 0 Å². The van der Waals surface area contributed by atoms with Crippen molar-refractivity contribution < 1.29 is 9.90 Å². The molecule has 0 aliphatic carbocycles. The van der Waals surface area contributed by atoms with Crippen LogP contribution in [-0.2, 0) is 11.2 Å². The van der Waals surface area contributed by atoms with E-state index in [9.17, 15) is 9.90 Å². The van der Waals surface area contributed by atoms with Crippen LogP contribution in [0, 0.1) is 12.3 Å². The zero-order valence-corrected chi connectivity index (χ0v) is 13.7. The number of hydrogen-bond donors (Lipinski definition) is 2. The maximum atomic E-state index is 11.8. The first-order valence-corrected chi connectivity index (χ1v) is 8.02. The Balaban J connectivity index is 2.20.